The lowest BCUT2D eigenvalue weighted by molar-refractivity contribution is 0.112. The van der Waals surface area contributed by atoms with Crippen LogP contribution in [0.2, 0.25) is 0 Å². The summed E-state index contributed by atoms with van der Waals surface area (Å²) in [6.45, 7) is 0. The van der Waals surface area contributed by atoms with Crippen LogP contribution in [0.15, 0.2) is 18.2 Å². The van der Waals surface area contributed by atoms with E-state index < -0.39 is 0 Å². The molecule has 1 aromatic carbocycles. The second-order valence-electron chi connectivity index (χ2n) is 4.02. The fourth-order valence-electron chi connectivity index (χ4n) is 1.57. The lowest BCUT2D eigenvalue weighted by atomic mass is 10.1. The second-order valence-corrected chi connectivity index (χ2v) is 4.02. The maximum Gasteiger partial charge on any atom is 0.152 e. The predicted octanol–water partition coefficient (Wildman–Crippen LogP) is 2.11. The van der Waals surface area contributed by atoms with Gasteiger partial charge in [0.1, 0.15) is 5.75 Å². The van der Waals surface area contributed by atoms with Gasteiger partial charge in [-0.05, 0) is 25.0 Å². The van der Waals surface area contributed by atoms with Crippen LogP contribution in [-0.2, 0) is 0 Å². The van der Waals surface area contributed by atoms with Gasteiger partial charge in [0.2, 0.25) is 0 Å². The molecule has 0 bridgehead atoms. The molecule has 0 aliphatic heterocycles. The van der Waals surface area contributed by atoms with E-state index >= 15 is 0 Å². The first-order valence-corrected chi connectivity index (χ1v) is 5.14. The minimum absolute atomic E-state index is 0.352. The zero-order chi connectivity index (χ0) is 10.8. The first kappa shape index (κ1) is 10.0. The highest BCUT2D eigenvalue weighted by atomic mass is 16.5. The van der Waals surface area contributed by atoms with Gasteiger partial charge < -0.3 is 9.64 Å². The van der Waals surface area contributed by atoms with Crippen molar-refractivity contribution in [2.75, 3.05) is 19.0 Å². The van der Waals surface area contributed by atoms with Crippen LogP contribution in [0.1, 0.15) is 23.2 Å². The van der Waals surface area contributed by atoms with Gasteiger partial charge >= 0.3 is 0 Å². The van der Waals surface area contributed by atoms with Gasteiger partial charge in [0.15, 0.2) is 6.29 Å². The number of carbonyl (C=O) groups excluding carboxylic acids is 1. The van der Waals surface area contributed by atoms with Crippen molar-refractivity contribution in [2.24, 2.45) is 0 Å². The minimum Gasteiger partial charge on any atom is -0.488 e. The molecular formula is C12H15NO2. The first-order chi connectivity index (χ1) is 7.22. The molecule has 1 saturated carbocycles. The van der Waals surface area contributed by atoms with Crippen molar-refractivity contribution in [2.45, 2.75) is 18.9 Å². The molecule has 2 rings (SSSR count). The molecule has 0 atom stereocenters. The molecule has 0 aromatic heterocycles. The minimum atomic E-state index is 0.352. The molecule has 0 heterocycles. The number of ether oxygens (including phenoxy) is 1. The van der Waals surface area contributed by atoms with Gasteiger partial charge in [-0.25, -0.2) is 0 Å². The zero-order valence-corrected chi connectivity index (χ0v) is 9.06. The largest absolute Gasteiger partial charge is 0.488 e. The summed E-state index contributed by atoms with van der Waals surface area (Å²) in [7, 11) is 3.84. The molecule has 15 heavy (non-hydrogen) atoms. The Bertz CT molecular complexity index is 370. The average molecular weight is 205 g/mol. The van der Waals surface area contributed by atoms with Crippen molar-refractivity contribution in [1.82, 2.24) is 0 Å². The van der Waals surface area contributed by atoms with E-state index in [9.17, 15) is 4.79 Å². The Morgan fingerprint density at radius 3 is 2.67 bits per heavy atom. The lowest BCUT2D eigenvalue weighted by Gasteiger charge is -2.19. The lowest BCUT2D eigenvalue weighted by Crippen LogP contribution is -2.13. The summed E-state index contributed by atoms with van der Waals surface area (Å²) in [5.41, 5.74) is 1.55. The Balaban J connectivity index is 2.36. The number of hydrogen-bond donors (Lipinski definition) is 0. The number of nitrogens with zero attached hydrogens (tertiary/aromatic N) is 1. The van der Waals surface area contributed by atoms with E-state index in [1.165, 1.54) is 0 Å². The van der Waals surface area contributed by atoms with Crippen LogP contribution < -0.4 is 9.64 Å². The fraction of sp³-hybridized carbons (Fsp3) is 0.417. The first-order valence-electron chi connectivity index (χ1n) is 5.14. The van der Waals surface area contributed by atoms with E-state index in [1.807, 2.05) is 37.2 Å². The summed E-state index contributed by atoms with van der Waals surface area (Å²) < 4.78 is 5.76. The normalized spacial score (nSPS) is 14.8. The number of anilines is 1. The third-order valence-electron chi connectivity index (χ3n) is 2.42. The van der Waals surface area contributed by atoms with Crippen LogP contribution >= 0.6 is 0 Å². The van der Waals surface area contributed by atoms with E-state index in [2.05, 4.69) is 0 Å². The number of aldehydes is 1. The third-order valence-corrected chi connectivity index (χ3v) is 2.42. The number of carbonyl (C=O) groups is 1. The molecular weight excluding hydrogens is 190 g/mol. The topological polar surface area (TPSA) is 29.5 Å². The maximum atomic E-state index is 10.9. The van der Waals surface area contributed by atoms with Crippen molar-refractivity contribution in [3.8, 4) is 5.75 Å². The van der Waals surface area contributed by atoms with Crippen molar-refractivity contribution in [3.63, 3.8) is 0 Å². The Morgan fingerprint density at radius 2 is 2.13 bits per heavy atom. The zero-order valence-electron chi connectivity index (χ0n) is 9.06. The predicted molar refractivity (Wildman–Crippen MR) is 59.8 cm³/mol. The molecule has 3 heteroatoms. The van der Waals surface area contributed by atoms with Crippen molar-refractivity contribution in [1.29, 1.82) is 0 Å². The Morgan fingerprint density at radius 1 is 1.40 bits per heavy atom. The molecule has 0 saturated heterocycles. The second kappa shape index (κ2) is 3.93. The van der Waals surface area contributed by atoms with Gasteiger partial charge in [0, 0.05) is 19.7 Å². The molecule has 1 fully saturated rings. The molecule has 0 amide bonds. The maximum absolute atomic E-state index is 10.9. The molecule has 1 aromatic rings. The fourth-order valence-corrected chi connectivity index (χ4v) is 1.57. The molecule has 0 unspecified atom stereocenters. The highest BCUT2D eigenvalue weighted by Crippen LogP contribution is 2.35. The summed E-state index contributed by atoms with van der Waals surface area (Å²) in [4.78, 5) is 12.8. The van der Waals surface area contributed by atoms with Crippen LogP contribution in [0.3, 0.4) is 0 Å². The summed E-state index contributed by atoms with van der Waals surface area (Å²) in [6.07, 6.45) is 3.47. The molecule has 80 valence electrons. The van der Waals surface area contributed by atoms with Gasteiger partial charge in [0.05, 0.1) is 11.8 Å². The highest BCUT2D eigenvalue weighted by molar-refractivity contribution is 5.87. The van der Waals surface area contributed by atoms with Crippen molar-refractivity contribution in [3.05, 3.63) is 23.8 Å². The Labute approximate surface area is 89.7 Å². The number of para-hydroxylation sites is 1. The smallest absolute Gasteiger partial charge is 0.152 e. The summed E-state index contributed by atoms with van der Waals surface area (Å²) in [5.74, 6) is 0.812. The van der Waals surface area contributed by atoms with Crippen LogP contribution in [-0.4, -0.2) is 26.5 Å². The molecule has 0 spiro atoms. The SMILES string of the molecule is CN(C)c1c(C=O)cccc1OC1CC1. The van der Waals surface area contributed by atoms with Gasteiger partial charge in [-0.15, -0.1) is 0 Å². The Hall–Kier alpha value is -1.51. The van der Waals surface area contributed by atoms with E-state index in [0.29, 0.717) is 11.7 Å². The average Bonchev–Trinajstić information content (AvgIpc) is 3.01. The number of hydrogen-bond acceptors (Lipinski definition) is 3. The standard InChI is InChI=1S/C12H15NO2/c1-13(2)12-9(8-14)4-3-5-11(12)15-10-6-7-10/h3-5,8,10H,6-7H2,1-2H3. The monoisotopic (exact) mass is 205 g/mol. The van der Waals surface area contributed by atoms with Crippen LogP contribution in [0.25, 0.3) is 0 Å². The summed E-state index contributed by atoms with van der Waals surface area (Å²) >= 11 is 0. The molecule has 0 radical (unpaired) electrons. The van der Waals surface area contributed by atoms with E-state index in [-0.39, 0.29) is 0 Å². The summed E-state index contributed by atoms with van der Waals surface area (Å²) in [5, 5.41) is 0. The van der Waals surface area contributed by atoms with E-state index in [0.717, 1.165) is 30.6 Å². The van der Waals surface area contributed by atoms with Crippen molar-refractivity contribution < 1.29 is 9.53 Å². The third kappa shape index (κ3) is 2.12. The van der Waals surface area contributed by atoms with Crippen LogP contribution in [0, 0.1) is 0 Å². The van der Waals surface area contributed by atoms with Gasteiger partial charge in [-0.1, -0.05) is 6.07 Å². The number of rotatable bonds is 4. The van der Waals surface area contributed by atoms with E-state index in [4.69, 9.17) is 4.74 Å². The highest BCUT2D eigenvalue weighted by Gasteiger charge is 2.25. The molecule has 3 nitrogen and oxygen atoms in total. The molecule has 1 aliphatic carbocycles. The van der Waals surface area contributed by atoms with Gasteiger partial charge in [-0.2, -0.15) is 0 Å². The molecule has 0 N–H and O–H groups in total. The van der Waals surface area contributed by atoms with E-state index in [1.54, 1.807) is 0 Å². The van der Waals surface area contributed by atoms with Gasteiger partial charge in [0.25, 0.3) is 0 Å². The van der Waals surface area contributed by atoms with Gasteiger partial charge in [-0.3, -0.25) is 4.79 Å². The van der Waals surface area contributed by atoms with Crippen LogP contribution in [0.4, 0.5) is 5.69 Å². The quantitative estimate of drug-likeness (QED) is 0.705. The molecule has 1 aliphatic rings. The Kier molecular flexibility index (Phi) is 2.62. The van der Waals surface area contributed by atoms with Crippen molar-refractivity contribution >= 4 is 12.0 Å². The van der Waals surface area contributed by atoms with Crippen LogP contribution in [0.5, 0.6) is 5.75 Å². The number of benzene rings is 1. The summed E-state index contributed by atoms with van der Waals surface area (Å²) in [6, 6.07) is 5.58.